The maximum Gasteiger partial charge on any atom is 0.256 e. The minimum Gasteiger partial charge on any atom is -0.368 e. The number of aromatic nitrogens is 2. The molecule has 0 N–H and O–H groups in total. The van der Waals surface area contributed by atoms with Crippen molar-refractivity contribution in [2.24, 2.45) is 0 Å². The standard InChI is InChI=1S/C7H10N2O2S/c1-12-7-8-6(11-9-7)5-3-2-4-10-5/h5H,2-4H2,1H3. The Kier molecular flexibility index (Phi) is 2.32. The van der Waals surface area contributed by atoms with Crippen molar-refractivity contribution in [1.82, 2.24) is 10.1 Å². The van der Waals surface area contributed by atoms with Crippen LogP contribution in [-0.2, 0) is 4.74 Å². The van der Waals surface area contributed by atoms with E-state index in [0.717, 1.165) is 19.4 Å². The summed E-state index contributed by atoms with van der Waals surface area (Å²) < 4.78 is 10.4. The minimum atomic E-state index is 0.0402. The third-order valence-corrected chi connectivity index (χ3v) is 2.34. The Morgan fingerprint density at radius 1 is 1.58 bits per heavy atom. The van der Waals surface area contributed by atoms with Crippen LogP contribution in [0.4, 0.5) is 0 Å². The van der Waals surface area contributed by atoms with E-state index in [1.54, 1.807) is 0 Å². The van der Waals surface area contributed by atoms with E-state index in [-0.39, 0.29) is 6.10 Å². The molecule has 0 aliphatic carbocycles. The normalized spacial score (nSPS) is 23.2. The molecular weight excluding hydrogens is 176 g/mol. The first-order chi connectivity index (χ1) is 5.90. The van der Waals surface area contributed by atoms with Crippen LogP contribution in [0.5, 0.6) is 0 Å². The van der Waals surface area contributed by atoms with E-state index in [4.69, 9.17) is 9.26 Å². The quantitative estimate of drug-likeness (QED) is 0.657. The second-order valence-corrected chi connectivity index (χ2v) is 3.39. The van der Waals surface area contributed by atoms with Gasteiger partial charge in [0, 0.05) is 6.61 Å². The molecule has 4 nitrogen and oxygen atoms in total. The highest BCUT2D eigenvalue weighted by atomic mass is 32.2. The Balaban J connectivity index is 2.11. The summed E-state index contributed by atoms with van der Waals surface area (Å²) in [5.74, 6) is 0.622. The van der Waals surface area contributed by atoms with Crippen LogP contribution < -0.4 is 0 Å². The van der Waals surface area contributed by atoms with Gasteiger partial charge in [-0.1, -0.05) is 16.9 Å². The summed E-state index contributed by atoms with van der Waals surface area (Å²) in [5.41, 5.74) is 0. The largest absolute Gasteiger partial charge is 0.368 e. The van der Waals surface area contributed by atoms with Crippen LogP contribution in [0.1, 0.15) is 24.8 Å². The summed E-state index contributed by atoms with van der Waals surface area (Å²) in [6, 6.07) is 0. The molecular formula is C7H10N2O2S. The molecule has 0 radical (unpaired) electrons. The molecule has 1 aromatic heterocycles. The Hall–Kier alpha value is -0.550. The lowest BCUT2D eigenvalue weighted by Gasteiger charge is -2.00. The first-order valence-electron chi connectivity index (χ1n) is 3.89. The summed E-state index contributed by atoms with van der Waals surface area (Å²) in [6.45, 7) is 0.807. The van der Waals surface area contributed by atoms with Crippen LogP contribution in [0, 0.1) is 0 Å². The molecule has 2 rings (SSSR count). The van der Waals surface area contributed by atoms with Crippen LogP contribution in [0.2, 0.25) is 0 Å². The molecule has 0 aromatic carbocycles. The number of rotatable bonds is 2. The summed E-state index contributed by atoms with van der Waals surface area (Å²) in [7, 11) is 0. The molecule has 1 fully saturated rings. The zero-order valence-electron chi connectivity index (χ0n) is 6.82. The highest BCUT2D eigenvalue weighted by Gasteiger charge is 2.23. The maximum absolute atomic E-state index is 5.39. The van der Waals surface area contributed by atoms with Crippen LogP contribution in [-0.4, -0.2) is 23.0 Å². The van der Waals surface area contributed by atoms with Gasteiger partial charge in [-0.15, -0.1) is 0 Å². The van der Waals surface area contributed by atoms with E-state index in [0.29, 0.717) is 11.0 Å². The molecule has 5 heteroatoms. The molecule has 1 aliphatic heterocycles. The highest BCUT2D eigenvalue weighted by Crippen LogP contribution is 2.27. The predicted molar refractivity (Wildman–Crippen MR) is 44.0 cm³/mol. The van der Waals surface area contributed by atoms with Gasteiger partial charge in [0.05, 0.1) is 0 Å². The summed E-state index contributed by atoms with van der Waals surface area (Å²) in [4.78, 5) is 4.17. The molecule has 2 heterocycles. The summed E-state index contributed by atoms with van der Waals surface area (Å²) in [5, 5.41) is 4.46. The fourth-order valence-corrected chi connectivity index (χ4v) is 1.50. The van der Waals surface area contributed by atoms with E-state index in [9.17, 15) is 0 Å². The predicted octanol–water partition coefficient (Wildman–Crippen LogP) is 1.64. The summed E-state index contributed by atoms with van der Waals surface area (Å²) in [6.07, 6.45) is 4.04. The van der Waals surface area contributed by atoms with Crippen molar-refractivity contribution in [3.05, 3.63) is 5.89 Å². The molecule has 1 saturated heterocycles. The van der Waals surface area contributed by atoms with E-state index < -0.39 is 0 Å². The first-order valence-corrected chi connectivity index (χ1v) is 5.12. The van der Waals surface area contributed by atoms with E-state index in [2.05, 4.69) is 10.1 Å². The SMILES string of the molecule is CSc1noc(C2CCCO2)n1. The fourth-order valence-electron chi connectivity index (χ4n) is 1.21. The van der Waals surface area contributed by atoms with Crippen molar-refractivity contribution in [1.29, 1.82) is 0 Å². The van der Waals surface area contributed by atoms with Crippen molar-refractivity contribution in [2.45, 2.75) is 24.1 Å². The molecule has 66 valence electrons. The highest BCUT2D eigenvalue weighted by molar-refractivity contribution is 7.98. The van der Waals surface area contributed by atoms with Crippen molar-refractivity contribution in [3.8, 4) is 0 Å². The van der Waals surface area contributed by atoms with E-state index >= 15 is 0 Å². The molecule has 0 spiro atoms. The number of nitrogens with zero attached hydrogens (tertiary/aromatic N) is 2. The van der Waals surface area contributed by atoms with Crippen molar-refractivity contribution in [3.63, 3.8) is 0 Å². The number of hydrogen-bond donors (Lipinski definition) is 0. The van der Waals surface area contributed by atoms with Crippen LogP contribution in [0.15, 0.2) is 9.68 Å². The molecule has 1 aliphatic rings. The molecule has 12 heavy (non-hydrogen) atoms. The van der Waals surface area contributed by atoms with Gasteiger partial charge in [0.1, 0.15) is 6.10 Å². The Morgan fingerprint density at radius 3 is 3.08 bits per heavy atom. The Bertz CT molecular complexity index is 258. The minimum absolute atomic E-state index is 0.0402. The van der Waals surface area contributed by atoms with Gasteiger partial charge in [0.15, 0.2) is 0 Å². The van der Waals surface area contributed by atoms with Gasteiger partial charge in [-0.25, -0.2) is 0 Å². The lowest BCUT2D eigenvalue weighted by atomic mass is 10.2. The molecule has 0 saturated carbocycles. The lowest BCUT2D eigenvalue weighted by molar-refractivity contribution is 0.0835. The fraction of sp³-hybridized carbons (Fsp3) is 0.714. The number of hydrogen-bond acceptors (Lipinski definition) is 5. The van der Waals surface area contributed by atoms with E-state index in [1.807, 2.05) is 6.26 Å². The Morgan fingerprint density at radius 2 is 2.50 bits per heavy atom. The monoisotopic (exact) mass is 186 g/mol. The molecule has 1 unspecified atom stereocenters. The lowest BCUT2D eigenvalue weighted by Crippen LogP contribution is -1.95. The van der Waals surface area contributed by atoms with Gasteiger partial charge in [-0.3, -0.25) is 0 Å². The second-order valence-electron chi connectivity index (χ2n) is 2.62. The molecule has 1 atom stereocenters. The van der Waals surface area contributed by atoms with Gasteiger partial charge in [-0.05, 0) is 19.1 Å². The molecule has 1 aromatic rings. The second kappa shape index (κ2) is 3.45. The van der Waals surface area contributed by atoms with Gasteiger partial charge >= 0.3 is 0 Å². The summed E-state index contributed by atoms with van der Waals surface area (Å²) >= 11 is 1.48. The van der Waals surface area contributed by atoms with Crippen molar-refractivity contribution >= 4 is 11.8 Å². The zero-order valence-corrected chi connectivity index (χ0v) is 7.63. The van der Waals surface area contributed by atoms with Gasteiger partial charge in [0.25, 0.3) is 5.89 Å². The van der Waals surface area contributed by atoms with Gasteiger partial charge in [0.2, 0.25) is 5.16 Å². The third-order valence-electron chi connectivity index (χ3n) is 1.81. The molecule has 0 amide bonds. The van der Waals surface area contributed by atoms with Crippen LogP contribution in [0.25, 0.3) is 0 Å². The smallest absolute Gasteiger partial charge is 0.256 e. The number of thioether (sulfide) groups is 1. The van der Waals surface area contributed by atoms with Crippen LogP contribution in [0.3, 0.4) is 0 Å². The van der Waals surface area contributed by atoms with Crippen molar-refractivity contribution in [2.75, 3.05) is 12.9 Å². The van der Waals surface area contributed by atoms with Crippen LogP contribution >= 0.6 is 11.8 Å². The Labute approximate surface area is 74.7 Å². The zero-order chi connectivity index (χ0) is 8.39. The average molecular weight is 186 g/mol. The maximum atomic E-state index is 5.39. The van der Waals surface area contributed by atoms with Crippen molar-refractivity contribution < 1.29 is 9.26 Å². The molecule has 0 bridgehead atoms. The topological polar surface area (TPSA) is 48.2 Å². The first kappa shape index (κ1) is 8.07. The van der Waals surface area contributed by atoms with Gasteiger partial charge in [-0.2, -0.15) is 4.98 Å². The average Bonchev–Trinajstić information content (AvgIpc) is 2.75. The van der Waals surface area contributed by atoms with Gasteiger partial charge < -0.3 is 9.26 Å². The van der Waals surface area contributed by atoms with E-state index in [1.165, 1.54) is 11.8 Å². The third kappa shape index (κ3) is 1.47. The number of ether oxygens (including phenoxy) is 1.